The van der Waals surface area contributed by atoms with Crippen LogP contribution in [0.2, 0.25) is 0 Å². The molecule has 1 aliphatic heterocycles. The van der Waals surface area contributed by atoms with E-state index in [0.717, 1.165) is 35.6 Å². The van der Waals surface area contributed by atoms with E-state index in [4.69, 9.17) is 20.9 Å². The fourth-order valence-corrected chi connectivity index (χ4v) is 3.54. The molecule has 0 amide bonds. The minimum absolute atomic E-state index is 0.453. The van der Waals surface area contributed by atoms with Crippen LogP contribution in [0.25, 0.3) is 16.6 Å². The molecule has 6 nitrogen and oxygen atoms in total. The molecule has 0 saturated carbocycles. The molecule has 2 aromatic heterocycles. The number of fused-ring (bicyclic) bond motifs is 1. The standard InChI is InChI=1S/C17H21N5OS/c1-2-24-14-11-15(22-7-9-23-10-8-22)21-16-12(14)4-6-20-17(16)13(19)3-5-18/h3-6,11,18H,2,7-10,19H2,1H3/b13-3-,18-5?. The lowest BCUT2D eigenvalue weighted by Gasteiger charge is -2.28. The maximum absolute atomic E-state index is 7.25. The highest BCUT2D eigenvalue weighted by Gasteiger charge is 2.17. The molecular formula is C17H21N5OS. The van der Waals surface area contributed by atoms with Crippen LogP contribution in [0, 0.1) is 5.41 Å². The molecule has 0 unspecified atom stereocenters. The van der Waals surface area contributed by atoms with Crippen molar-refractivity contribution in [2.45, 2.75) is 11.8 Å². The summed E-state index contributed by atoms with van der Waals surface area (Å²) in [5.74, 6) is 1.91. The number of hydrogen-bond acceptors (Lipinski definition) is 7. The average molecular weight is 343 g/mol. The van der Waals surface area contributed by atoms with Crippen molar-refractivity contribution in [2.75, 3.05) is 37.0 Å². The zero-order valence-corrected chi connectivity index (χ0v) is 14.5. The summed E-state index contributed by atoms with van der Waals surface area (Å²) in [5.41, 5.74) is 7.96. The molecule has 0 atom stereocenters. The third-order valence-corrected chi connectivity index (χ3v) is 4.78. The summed E-state index contributed by atoms with van der Waals surface area (Å²) >= 11 is 1.79. The van der Waals surface area contributed by atoms with Crippen LogP contribution in [0.5, 0.6) is 0 Å². The fraction of sp³-hybridized carbons (Fsp3) is 0.353. The van der Waals surface area contributed by atoms with E-state index in [9.17, 15) is 0 Å². The van der Waals surface area contributed by atoms with Gasteiger partial charge in [0.05, 0.1) is 18.9 Å². The molecule has 1 aliphatic rings. The Morgan fingerprint density at radius 3 is 2.96 bits per heavy atom. The quantitative estimate of drug-likeness (QED) is 0.641. The van der Waals surface area contributed by atoms with Crippen molar-refractivity contribution in [3.8, 4) is 0 Å². The maximum Gasteiger partial charge on any atom is 0.130 e. The molecular weight excluding hydrogens is 322 g/mol. The first kappa shape index (κ1) is 16.7. The summed E-state index contributed by atoms with van der Waals surface area (Å²) in [6.45, 7) is 5.22. The van der Waals surface area contributed by atoms with Gasteiger partial charge in [0.25, 0.3) is 0 Å². The molecule has 0 aromatic carbocycles. The first-order valence-corrected chi connectivity index (χ1v) is 8.95. The lowest BCUT2D eigenvalue weighted by molar-refractivity contribution is 0.122. The number of pyridine rings is 2. The number of morpholine rings is 1. The molecule has 1 saturated heterocycles. The minimum atomic E-state index is 0.453. The van der Waals surface area contributed by atoms with Gasteiger partial charge in [-0.2, -0.15) is 0 Å². The van der Waals surface area contributed by atoms with E-state index in [1.807, 2.05) is 6.07 Å². The molecule has 3 N–H and O–H groups in total. The number of allylic oxidation sites excluding steroid dienone is 1. The van der Waals surface area contributed by atoms with Crippen LogP contribution in [0.1, 0.15) is 12.6 Å². The van der Waals surface area contributed by atoms with Crippen LogP contribution >= 0.6 is 11.8 Å². The fourth-order valence-electron chi connectivity index (χ4n) is 2.72. The summed E-state index contributed by atoms with van der Waals surface area (Å²) in [6, 6.07) is 4.12. The number of nitrogens with zero attached hydrogens (tertiary/aromatic N) is 3. The Labute approximate surface area is 145 Å². The summed E-state index contributed by atoms with van der Waals surface area (Å²) in [4.78, 5) is 12.7. The number of ether oxygens (including phenoxy) is 1. The molecule has 7 heteroatoms. The van der Waals surface area contributed by atoms with Crippen molar-refractivity contribution in [2.24, 2.45) is 5.73 Å². The number of anilines is 1. The van der Waals surface area contributed by atoms with Crippen molar-refractivity contribution >= 4 is 40.4 Å². The van der Waals surface area contributed by atoms with Gasteiger partial charge in [0.15, 0.2) is 0 Å². The summed E-state index contributed by atoms with van der Waals surface area (Å²) in [5, 5.41) is 8.29. The number of nitrogens with one attached hydrogen (secondary N) is 1. The molecule has 24 heavy (non-hydrogen) atoms. The van der Waals surface area contributed by atoms with Gasteiger partial charge in [-0.25, -0.2) is 4.98 Å². The van der Waals surface area contributed by atoms with Crippen LogP contribution in [-0.2, 0) is 4.74 Å². The maximum atomic E-state index is 7.25. The van der Waals surface area contributed by atoms with E-state index in [1.165, 1.54) is 17.2 Å². The molecule has 2 aromatic rings. The van der Waals surface area contributed by atoms with Gasteiger partial charge in [-0.05, 0) is 24.0 Å². The van der Waals surface area contributed by atoms with Gasteiger partial charge in [-0.1, -0.05) is 6.92 Å². The van der Waals surface area contributed by atoms with Gasteiger partial charge in [-0.15, -0.1) is 11.8 Å². The summed E-state index contributed by atoms with van der Waals surface area (Å²) in [6.07, 6.45) is 4.46. The third-order valence-electron chi connectivity index (χ3n) is 3.85. The lowest BCUT2D eigenvalue weighted by atomic mass is 10.1. The topological polar surface area (TPSA) is 88.1 Å². The smallest absolute Gasteiger partial charge is 0.130 e. The highest BCUT2D eigenvalue weighted by molar-refractivity contribution is 7.99. The van der Waals surface area contributed by atoms with Crippen LogP contribution in [0.4, 0.5) is 5.82 Å². The highest BCUT2D eigenvalue weighted by atomic mass is 32.2. The van der Waals surface area contributed by atoms with Crippen molar-refractivity contribution in [1.82, 2.24) is 9.97 Å². The highest BCUT2D eigenvalue weighted by Crippen LogP contribution is 2.32. The molecule has 1 fully saturated rings. The summed E-state index contributed by atoms with van der Waals surface area (Å²) < 4.78 is 5.44. The van der Waals surface area contributed by atoms with Gasteiger partial charge in [-0.3, -0.25) is 4.98 Å². The van der Waals surface area contributed by atoms with Gasteiger partial charge in [0.1, 0.15) is 17.0 Å². The Morgan fingerprint density at radius 1 is 1.46 bits per heavy atom. The van der Waals surface area contributed by atoms with E-state index in [1.54, 1.807) is 18.0 Å². The molecule has 0 spiro atoms. The zero-order chi connectivity index (χ0) is 16.9. The lowest BCUT2D eigenvalue weighted by Crippen LogP contribution is -2.36. The number of aromatic nitrogens is 2. The first-order chi connectivity index (χ1) is 11.7. The van der Waals surface area contributed by atoms with E-state index in [2.05, 4.69) is 22.9 Å². The van der Waals surface area contributed by atoms with Crippen LogP contribution in [0.3, 0.4) is 0 Å². The van der Waals surface area contributed by atoms with Gasteiger partial charge in [0.2, 0.25) is 0 Å². The van der Waals surface area contributed by atoms with Gasteiger partial charge >= 0.3 is 0 Å². The largest absolute Gasteiger partial charge is 0.397 e. The number of nitrogens with two attached hydrogens (primary N) is 1. The van der Waals surface area contributed by atoms with Crippen molar-refractivity contribution < 1.29 is 4.74 Å². The van der Waals surface area contributed by atoms with Crippen LogP contribution in [0.15, 0.2) is 29.3 Å². The number of rotatable bonds is 5. The van der Waals surface area contributed by atoms with E-state index in [0.29, 0.717) is 24.6 Å². The van der Waals surface area contributed by atoms with Crippen molar-refractivity contribution in [3.05, 3.63) is 30.1 Å². The summed E-state index contributed by atoms with van der Waals surface area (Å²) in [7, 11) is 0. The van der Waals surface area contributed by atoms with E-state index < -0.39 is 0 Å². The number of hydrogen-bond donors (Lipinski definition) is 2. The number of thioether (sulfide) groups is 1. The zero-order valence-electron chi connectivity index (χ0n) is 13.7. The van der Waals surface area contributed by atoms with Gasteiger partial charge < -0.3 is 20.8 Å². The molecule has 0 aliphatic carbocycles. The predicted molar refractivity (Wildman–Crippen MR) is 99.9 cm³/mol. The second-order valence-electron chi connectivity index (χ2n) is 5.36. The Bertz CT molecular complexity index is 771. The Kier molecular flexibility index (Phi) is 5.32. The molecule has 3 rings (SSSR count). The second kappa shape index (κ2) is 7.63. The monoisotopic (exact) mass is 343 g/mol. The Hall–Kier alpha value is -2.12. The molecule has 0 bridgehead atoms. The van der Waals surface area contributed by atoms with Crippen molar-refractivity contribution in [1.29, 1.82) is 5.41 Å². The Balaban J connectivity index is 2.18. The molecule has 3 heterocycles. The second-order valence-corrected chi connectivity index (χ2v) is 6.66. The first-order valence-electron chi connectivity index (χ1n) is 7.96. The van der Waals surface area contributed by atoms with Crippen LogP contribution in [-0.4, -0.2) is 48.2 Å². The molecule has 0 radical (unpaired) electrons. The minimum Gasteiger partial charge on any atom is -0.397 e. The SMILES string of the molecule is CCSc1cc(N2CCOCC2)nc2c(/C(N)=C/C=N)nccc12. The van der Waals surface area contributed by atoms with Crippen LogP contribution < -0.4 is 10.6 Å². The normalized spacial score (nSPS) is 15.7. The predicted octanol–water partition coefficient (Wildman–Crippen LogP) is 2.53. The third kappa shape index (κ3) is 3.37. The molecule has 126 valence electrons. The Morgan fingerprint density at radius 2 is 2.25 bits per heavy atom. The van der Waals surface area contributed by atoms with Crippen molar-refractivity contribution in [3.63, 3.8) is 0 Å². The van der Waals surface area contributed by atoms with E-state index >= 15 is 0 Å². The van der Waals surface area contributed by atoms with E-state index in [-0.39, 0.29) is 0 Å². The van der Waals surface area contributed by atoms with Gasteiger partial charge in [0, 0.05) is 35.8 Å². The average Bonchev–Trinajstić information content (AvgIpc) is 2.62.